The van der Waals surface area contributed by atoms with Gasteiger partial charge >= 0.3 is 0 Å². The fourth-order valence-corrected chi connectivity index (χ4v) is 2.95. The summed E-state index contributed by atoms with van der Waals surface area (Å²) >= 11 is 0. The number of ether oxygens (including phenoxy) is 3. The van der Waals surface area contributed by atoms with Gasteiger partial charge in [0.1, 0.15) is 6.79 Å². The molecule has 1 aromatic rings. The number of hydrogen-bond acceptors (Lipinski definition) is 4. The maximum Gasteiger partial charge on any atom is 0.165 e. The van der Waals surface area contributed by atoms with E-state index in [0.717, 1.165) is 31.2 Å². The molecule has 1 fully saturated rings. The van der Waals surface area contributed by atoms with Gasteiger partial charge in [-0.3, -0.25) is 4.79 Å². The number of carbonyl (C=O) groups is 1. The maximum atomic E-state index is 12.5. The van der Waals surface area contributed by atoms with Gasteiger partial charge in [0.25, 0.3) is 0 Å². The van der Waals surface area contributed by atoms with E-state index in [1.54, 1.807) is 7.11 Å². The Morgan fingerprint density at radius 3 is 2.50 bits per heavy atom. The molecule has 0 atom stereocenters. The Labute approximate surface area is 132 Å². The molecular weight excluding hydrogens is 280 g/mol. The van der Waals surface area contributed by atoms with Crippen molar-refractivity contribution < 1.29 is 19.0 Å². The third kappa shape index (κ3) is 5.20. The summed E-state index contributed by atoms with van der Waals surface area (Å²) in [5.74, 6) is 0.152. The molecule has 0 unspecified atom stereocenters. The molecule has 0 spiro atoms. The standard InChI is InChI=1S/C18H26O4/c1-20-12-13-21-15-22-18(10-6-3-7-11-18)14-17(19)16-8-4-2-5-9-16/h2,4-5,8-9H,3,6-7,10-15H2,1H3. The largest absolute Gasteiger partial charge is 0.382 e. The SMILES string of the molecule is COCCOCOC1(CC(=O)c2ccccc2)CCCCC1. The second kappa shape index (κ2) is 9.03. The highest BCUT2D eigenvalue weighted by molar-refractivity contribution is 5.96. The molecule has 1 aromatic carbocycles. The highest BCUT2D eigenvalue weighted by Gasteiger charge is 2.35. The minimum absolute atomic E-state index is 0.152. The lowest BCUT2D eigenvalue weighted by molar-refractivity contribution is -0.157. The lowest BCUT2D eigenvalue weighted by Crippen LogP contribution is -2.38. The Morgan fingerprint density at radius 1 is 1.09 bits per heavy atom. The number of ketones is 1. The number of carbonyl (C=O) groups excluding carboxylic acids is 1. The first-order valence-corrected chi connectivity index (χ1v) is 8.05. The first kappa shape index (κ1) is 17.1. The first-order valence-electron chi connectivity index (χ1n) is 8.05. The van der Waals surface area contributed by atoms with Gasteiger partial charge in [0.2, 0.25) is 0 Å². The molecule has 0 aromatic heterocycles. The molecule has 0 bridgehead atoms. The van der Waals surface area contributed by atoms with E-state index in [9.17, 15) is 4.79 Å². The Morgan fingerprint density at radius 2 is 1.82 bits per heavy atom. The molecule has 122 valence electrons. The number of methoxy groups -OCH3 is 1. The van der Waals surface area contributed by atoms with Crippen LogP contribution in [0.4, 0.5) is 0 Å². The molecule has 2 rings (SSSR count). The molecule has 0 N–H and O–H groups in total. The average molecular weight is 306 g/mol. The Balaban J connectivity index is 1.92. The van der Waals surface area contributed by atoms with Crippen LogP contribution in [-0.4, -0.2) is 38.5 Å². The van der Waals surface area contributed by atoms with E-state index in [-0.39, 0.29) is 18.2 Å². The van der Waals surface area contributed by atoms with E-state index < -0.39 is 0 Å². The van der Waals surface area contributed by atoms with Crippen LogP contribution in [0.15, 0.2) is 30.3 Å². The summed E-state index contributed by atoms with van der Waals surface area (Å²) in [7, 11) is 1.64. The minimum Gasteiger partial charge on any atom is -0.382 e. The zero-order chi connectivity index (χ0) is 15.7. The molecule has 4 heteroatoms. The van der Waals surface area contributed by atoms with Crippen LogP contribution in [-0.2, 0) is 14.2 Å². The van der Waals surface area contributed by atoms with Crippen LogP contribution in [0.5, 0.6) is 0 Å². The molecule has 0 radical (unpaired) electrons. The molecule has 0 amide bonds. The van der Waals surface area contributed by atoms with Gasteiger partial charge in [-0.2, -0.15) is 0 Å². The molecule has 1 aliphatic carbocycles. The third-order valence-electron chi connectivity index (χ3n) is 4.22. The Hall–Kier alpha value is -1.23. The highest BCUT2D eigenvalue weighted by Crippen LogP contribution is 2.35. The van der Waals surface area contributed by atoms with Crippen molar-refractivity contribution in [2.75, 3.05) is 27.1 Å². The summed E-state index contributed by atoms with van der Waals surface area (Å²) < 4.78 is 16.4. The molecule has 1 saturated carbocycles. The van der Waals surface area contributed by atoms with Gasteiger partial charge in [0, 0.05) is 19.1 Å². The van der Waals surface area contributed by atoms with Crippen molar-refractivity contribution >= 4 is 5.78 Å². The summed E-state index contributed by atoms with van der Waals surface area (Å²) in [5, 5.41) is 0. The summed E-state index contributed by atoms with van der Waals surface area (Å²) in [4.78, 5) is 12.5. The van der Waals surface area contributed by atoms with Crippen molar-refractivity contribution in [1.82, 2.24) is 0 Å². The summed E-state index contributed by atoms with van der Waals surface area (Å²) in [6, 6.07) is 9.46. The van der Waals surface area contributed by atoms with Gasteiger partial charge in [0.05, 0.1) is 18.8 Å². The lowest BCUT2D eigenvalue weighted by Gasteiger charge is -2.36. The normalized spacial score (nSPS) is 17.3. The van der Waals surface area contributed by atoms with E-state index in [2.05, 4.69) is 0 Å². The fraction of sp³-hybridized carbons (Fsp3) is 0.611. The lowest BCUT2D eigenvalue weighted by atomic mass is 9.80. The fourth-order valence-electron chi connectivity index (χ4n) is 2.95. The number of rotatable bonds is 9. The van der Waals surface area contributed by atoms with Gasteiger partial charge in [-0.1, -0.05) is 49.6 Å². The van der Waals surface area contributed by atoms with Crippen LogP contribution >= 0.6 is 0 Å². The first-order chi connectivity index (χ1) is 10.8. The summed E-state index contributed by atoms with van der Waals surface area (Å²) in [6.45, 7) is 1.30. The molecule has 22 heavy (non-hydrogen) atoms. The zero-order valence-electron chi connectivity index (χ0n) is 13.4. The van der Waals surface area contributed by atoms with Gasteiger partial charge in [-0.25, -0.2) is 0 Å². The predicted octanol–water partition coefficient (Wildman–Crippen LogP) is 3.60. The molecule has 4 nitrogen and oxygen atoms in total. The van der Waals surface area contributed by atoms with Crippen LogP contribution in [0.3, 0.4) is 0 Å². The van der Waals surface area contributed by atoms with Crippen molar-refractivity contribution in [3.63, 3.8) is 0 Å². The van der Waals surface area contributed by atoms with Crippen molar-refractivity contribution in [3.8, 4) is 0 Å². The second-order valence-corrected chi connectivity index (χ2v) is 5.87. The van der Waals surface area contributed by atoms with Crippen LogP contribution in [0, 0.1) is 0 Å². The minimum atomic E-state index is -0.363. The zero-order valence-corrected chi connectivity index (χ0v) is 13.4. The molecule has 0 saturated heterocycles. The van der Waals surface area contributed by atoms with Crippen LogP contribution in [0.1, 0.15) is 48.9 Å². The van der Waals surface area contributed by atoms with Gasteiger partial charge in [-0.15, -0.1) is 0 Å². The predicted molar refractivity (Wildman–Crippen MR) is 85.0 cm³/mol. The van der Waals surface area contributed by atoms with E-state index in [0.29, 0.717) is 19.6 Å². The third-order valence-corrected chi connectivity index (χ3v) is 4.22. The monoisotopic (exact) mass is 306 g/mol. The van der Waals surface area contributed by atoms with Crippen molar-refractivity contribution in [1.29, 1.82) is 0 Å². The van der Waals surface area contributed by atoms with Gasteiger partial charge < -0.3 is 14.2 Å². The van der Waals surface area contributed by atoms with Crippen molar-refractivity contribution in [2.24, 2.45) is 0 Å². The Bertz CT molecular complexity index is 438. The molecule has 1 aliphatic rings. The maximum absolute atomic E-state index is 12.5. The van der Waals surface area contributed by atoms with Crippen LogP contribution in [0.2, 0.25) is 0 Å². The number of benzene rings is 1. The summed E-state index contributed by atoms with van der Waals surface area (Å²) in [6.07, 6.45) is 5.73. The smallest absolute Gasteiger partial charge is 0.165 e. The second-order valence-electron chi connectivity index (χ2n) is 5.87. The van der Waals surface area contributed by atoms with Gasteiger partial charge in [0.15, 0.2) is 5.78 Å². The number of hydrogen-bond donors (Lipinski definition) is 0. The average Bonchev–Trinajstić information content (AvgIpc) is 2.56. The highest BCUT2D eigenvalue weighted by atomic mass is 16.7. The van der Waals surface area contributed by atoms with E-state index in [1.165, 1.54) is 6.42 Å². The van der Waals surface area contributed by atoms with Crippen molar-refractivity contribution in [2.45, 2.75) is 44.1 Å². The van der Waals surface area contributed by atoms with Gasteiger partial charge in [-0.05, 0) is 12.8 Å². The topological polar surface area (TPSA) is 44.8 Å². The van der Waals surface area contributed by atoms with Crippen LogP contribution < -0.4 is 0 Å². The van der Waals surface area contributed by atoms with E-state index in [1.807, 2.05) is 30.3 Å². The molecule has 0 heterocycles. The van der Waals surface area contributed by atoms with E-state index in [4.69, 9.17) is 14.2 Å². The van der Waals surface area contributed by atoms with E-state index >= 15 is 0 Å². The Kier molecular flexibility index (Phi) is 7.03. The molecule has 0 aliphatic heterocycles. The van der Waals surface area contributed by atoms with Crippen LogP contribution in [0.25, 0.3) is 0 Å². The van der Waals surface area contributed by atoms with Crippen molar-refractivity contribution in [3.05, 3.63) is 35.9 Å². The molecular formula is C18H26O4. The summed E-state index contributed by atoms with van der Waals surface area (Å²) in [5.41, 5.74) is 0.398. The quantitative estimate of drug-likeness (QED) is 0.397. The number of Topliss-reactive ketones (excluding diaryl/α,β-unsaturated/α-hetero) is 1.